The minimum absolute atomic E-state index is 0.0310. The number of amides is 4. The molecule has 0 saturated heterocycles. The number of esters is 4. The van der Waals surface area contributed by atoms with E-state index in [0.717, 1.165) is 24.3 Å². The Balaban J connectivity index is 2.44. The Labute approximate surface area is 208 Å². The molecule has 0 spiro atoms. The first kappa shape index (κ1) is 29.9. The van der Waals surface area contributed by atoms with Crippen LogP contribution in [0.3, 0.4) is 0 Å². The summed E-state index contributed by atoms with van der Waals surface area (Å²) in [7, 11) is 0. The lowest BCUT2D eigenvalue weighted by molar-refractivity contribution is -0.140. The molecule has 200 valence electrons. The van der Waals surface area contributed by atoms with Crippen molar-refractivity contribution in [3.63, 3.8) is 0 Å². The van der Waals surface area contributed by atoms with Crippen molar-refractivity contribution >= 4 is 35.9 Å². The summed E-state index contributed by atoms with van der Waals surface area (Å²) < 4.78 is 19.6. The van der Waals surface area contributed by atoms with Gasteiger partial charge in [-0.2, -0.15) is 0 Å². The molecule has 0 bridgehead atoms. The van der Waals surface area contributed by atoms with Crippen LogP contribution in [0.25, 0.3) is 0 Å². The summed E-state index contributed by atoms with van der Waals surface area (Å²) in [6.07, 6.45) is 5.16. The minimum Gasteiger partial charge on any atom is -0.462 e. The summed E-state index contributed by atoms with van der Waals surface area (Å²) in [5.74, 6) is -2.91. The van der Waals surface area contributed by atoms with E-state index >= 15 is 0 Å². The van der Waals surface area contributed by atoms with Gasteiger partial charge in [-0.3, -0.25) is 0 Å². The second-order valence-corrected chi connectivity index (χ2v) is 7.12. The fourth-order valence-electron chi connectivity index (χ4n) is 2.38. The smallest absolute Gasteiger partial charge is 0.331 e. The van der Waals surface area contributed by atoms with E-state index in [2.05, 4.69) is 21.3 Å². The van der Waals surface area contributed by atoms with Crippen LogP contribution in [0.15, 0.2) is 24.3 Å². The summed E-state index contributed by atoms with van der Waals surface area (Å²) in [5, 5.41) is 10.3. The molecule has 0 aromatic rings. The molecule has 1 aliphatic rings. The number of nitrogens with one attached hydrogen (secondary N) is 4. The molecule has 36 heavy (non-hydrogen) atoms. The Morgan fingerprint density at radius 3 is 0.861 bits per heavy atom. The highest BCUT2D eigenvalue weighted by molar-refractivity contribution is 5.92. The van der Waals surface area contributed by atoms with E-state index in [9.17, 15) is 28.8 Å². The lowest BCUT2D eigenvalue weighted by atomic mass is 10.4. The predicted molar refractivity (Wildman–Crippen MR) is 123 cm³/mol. The highest BCUT2D eigenvalue weighted by Gasteiger charge is 2.05. The van der Waals surface area contributed by atoms with Gasteiger partial charge in [-0.15, -0.1) is 0 Å². The molecule has 0 fully saturated rings. The summed E-state index contributed by atoms with van der Waals surface area (Å²) in [4.78, 5) is 69.6. The molecule has 0 unspecified atom stereocenters. The first-order valence-corrected chi connectivity index (χ1v) is 11.4. The monoisotopic (exact) mass is 512 g/mol. The van der Waals surface area contributed by atoms with Gasteiger partial charge in [-0.05, 0) is 25.7 Å². The van der Waals surface area contributed by atoms with E-state index in [1.54, 1.807) is 0 Å². The van der Waals surface area contributed by atoms with Crippen LogP contribution in [-0.4, -0.2) is 88.5 Å². The highest BCUT2D eigenvalue weighted by atomic mass is 16.5. The van der Waals surface area contributed by atoms with Crippen LogP contribution in [0, 0.1) is 0 Å². The van der Waals surface area contributed by atoms with Gasteiger partial charge in [0.15, 0.2) is 0 Å². The number of ether oxygens (including phenoxy) is 4. The largest absolute Gasteiger partial charge is 0.462 e. The molecular formula is C22H32N4O10. The van der Waals surface area contributed by atoms with Gasteiger partial charge in [-0.1, -0.05) is 0 Å². The molecule has 1 rings (SSSR count). The molecule has 0 aliphatic carbocycles. The Bertz CT molecular complexity index is 687. The standard InChI is InChI=1S/C22H32N4O10/c27-17-5-6-18(28)34-15-3-11-25-22(32)26-12-4-16-36-20(30)8-7-19(29)35-14-2-10-24-21(31)23-9-1-13-33-17/h5-8H,1-4,9-16H2,(H2,23,24,31)(H2,25,26,32)/b6-5-,8-7-. The maximum absolute atomic E-state index is 11.7. The third-order valence-electron chi connectivity index (χ3n) is 4.11. The van der Waals surface area contributed by atoms with Crippen LogP contribution in [0.4, 0.5) is 9.59 Å². The minimum atomic E-state index is -0.728. The van der Waals surface area contributed by atoms with E-state index in [1.807, 2.05) is 0 Å². The van der Waals surface area contributed by atoms with E-state index in [-0.39, 0.29) is 52.6 Å². The molecule has 14 heteroatoms. The molecule has 4 amide bonds. The average molecular weight is 513 g/mol. The van der Waals surface area contributed by atoms with Crippen LogP contribution in [0.1, 0.15) is 25.7 Å². The zero-order valence-corrected chi connectivity index (χ0v) is 19.9. The first-order valence-electron chi connectivity index (χ1n) is 11.4. The molecule has 1 heterocycles. The van der Waals surface area contributed by atoms with Gasteiger partial charge >= 0.3 is 35.9 Å². The van der Waals surface area contributed by atoms with Crippen molar-refractivity contribution in [3.05, 3.63) is 24.3 Å². The van der Waals surface area contributed by atoms with E-state index in [1.165, 1.54) is 0 Å². The van der Waals surface area contributed by atoms with E-state index in [4.69, 9.17) is 18.9 Å². The molecule has 0 aromatic carbocycles. The van der Waals surface area contributed by atoms with Gasteiger partial charge in [0.1, 0.15) is 0 Å². The van der Waals surface area contributed by atoms with Gasteiger partial charge in [0.25, 0.3) is 0 Å². The summed E-state index contributed by atoms with van der Waals surface area (Å²) in [6.45, 7) is 1.10. The third kappa shape index (κ3) is 17.4. The zero-order chi connectivity index (χ0) is 26.4. The molecule has 0 atom stereocenters. The Morgan fingerprint density at radius 1 is 0.417 bits per heavy atom. The number of carbonyl (C=O) groups is 6. The van der Waals surface area contributed by atoms with Gasteiger partial charge in [0, 0.05) is 50.5 Å². The van der Waals surface area contributed by atoms with Crippen LogP contribution in [0.5, 0.6) is 0 Å². The summed E-state index contributed by atoms with van der Waals surface area (Å²) in [5.41, 5.74) is 0. The highest BCUT2D eigenvalue weighted by Crippen LogP contribution is 1.91. The molecule has 4 N–H and O–H groups in total. The SMILES string of the molecule is O=C1NCCCOC(=O)/C=C\C(=O)OCCCNC(=O)NCCCOC(=O)/C=C\C(=O)OCCCN1. The number of carbonyl (C=O) groups excluding carboxylic acids is 6. The average Bonchev–Trinajstić information content (AvgIpc) is 2.84. The fraction of sp³-hybridized carbons (Fsp3) is 0.545. The normalized spacial score (nSPS) is 21.4. The number of hydrogen-bond acceptors (Lipinski definition) is 10. The first-order chi connectivity index (χ1) is 17.4. The maximum atomic E-state index is 11.7. The Hall–Kier alpha value is -4.10. The number of hydrogen-bond donors (Lipinski definition) is 4. The summed E-state index contributed by atoms with van der Waals surface area (Å²) >= 11 is 0. The Kier molecular flexibility index (Phi) is 16.0. The van der Waals surface area contributed by atoms with Gasteiger partial charge in [0.2, 0.25) is 0 Å². The lowest BCUT2D eigenvalue weighted by Gasteiger charge is -2.08. The maximum Gasteiger partial charge on any atom is 0.331 e. The molecule has 0 radical (unpaired) electrons. The van der Waals surface area contributed by atoms with E-state index in [0.29, 0.717) is 25.7 Å². The quantitative estimate of drug-likeness (QED) is 0.242. The predicted octanol–water partition coefficient (Wildman–Crippen LogP) is -0.556. The third-order valence-corrected chi connectivity index (χ3v) is 4.11. The number of urea groups is 2. The van der Waals surface area contributed by atoms with Crippen molar-refractivity contribution in [3.8, 4) is 0 Å². The van der Waals surface area contributed by atoms with Crippen LogP contribution >= 0.6 is 0 Å². The molecule has 14 nitrogen and oxygen atoms in total. The number of cyclic esters (lactones) is 4. The molecule has 0 saturated carbocycles. The van der Waals surface area contributed by atoms with Gasteiger partial charge in [0.05, 0.1) is 26.4 Å². The van der Waals surface area contributed by atoms with Crippen LogP contribution in [0.2, 0.25) is 0 Å². The summed E-state index contributed by atoms with van der Waals surface area (Å²) in [6, 6.07) is -0.875. The van der Waals surface area contributed by atoms with Crippen molar-refractivity contribution < 1.29 is 47.7 Å². The molecule has 1 aliphatic heterocycles. The fourth-order valence-corrected chi connectivity index (χ4v) is 2.38. The lowest BCUT2D eigenvalue weighted by Crippen LogP contribution is -2.37. The molecule has 0 aromatic heterocycles. The second kappa shape index (κ2) is 19.2. The van der Waals surface area contributed by atoms with E-state index < -0.39 is 35.9 Å². The van der Waals surface area contributed by atoms with Crippen molar-refractivity contribution in [2.45, 2.75) is 25.7 Å². The van der Waals surface area contributed by atoms with Gasteiger partial charge in [-0.25, -0.2) is 28.8 Å². The van der Waals surface area contributed by atoms with Crippen molar-refractivity contribution in [1.29, 1.82) is 0 Å². The van der Waals surface area contributed by atoms with Crippen molar-refractivity contribution in [2.75, 3.05) is 52.6 Å². The second-order valence-electron chi connectivity index (χ2n) is 7.12. The Morgan fingerprint density at radius 2 is 0.639 bits per heavy atom. The van der Waals surface area contributed by atoms with Crippen molar-refractivity contribution in [1.82, 2.24) is 21.3 Å². The van der Waals surface area contributed by atoms with Crippen LogP contribution < -0.4 is 21.3 Å². The number of rotatable bonds is 0. The van der Waals surface area contributed by atoms with Gasteiger partial charge < -0.3 is 40.2 Å². The topological polar surface area (TPSA) is 187 Å². The van der Waals surface area contributed by atoms with Crippen molar-refractivity contribution in [2.24, 2.45) is 0 Å². The zero-order valence-electron chi connectivity index (χ0n) is 19.9. The molecular weight excluding hydrogens is 480 g/mol. The van der Waals surface area contributed by atoms with Crippen LogP contribution in [-0.2, 0) is 38.1 Å².